The molecule has 2 aromatic rings. The van der Waals surface area contributed by atoms with Crippen molar-refractivity contribution < 1.29 is 4.79 Å². The van der Waals surface area contributed by atoms with Crippen molar-refractivity contribution >= 4 is 25.1 Å². The Morgan fingerprint density at radius 2 is 1.39 bits per heavy atom. The molecule has 146 valence electrons. The van der Waals surface area contributed by atoms with Crippen LogP contribution in [0.25, 0.3) is 0 Å². The number of benzene rings is 2. The highest BCUT2D eigenvalue weighted by atomic mass is 28.3. The van der Waals surface area contributed by atoms with Crippen molar-refractivity contribution in [1.29, 1.82) is 0 Å². The minimum absolute atomic E-state index is 0.221. The number of hydrogen-bond donors (Lipinski definition) is 1. The first kappa shape index (κ1) is 20.3. The van der Waals surface area contributed by atoms with Gasteiger partial charge in [-0.05, 0) is 42.9 Å². The first-order valence-electron chi connectivity index (χ1n) is 10.0. The van der Waals surface area contributed by atoms with E-state index in [9.17, 15) is 4.79 Å². The summed E-state index contributed by atoms with van der Waals surface area (Å²) in [6, 6.07) is 21.5. The van der Waals surface area contributed by atoms with Crippen molar-refractivity contribution in [2.75, 3.05) is 0 Å². The summed E-state index contributed by atoms with van der Waals surface area (Å²) in [5, 5.41) is 2.44. The smallest absolute Gasteiger partial charge is 0.218 e. The second kappa shape index (κ2) is 7.92. The van der Waals surface area contributed by atoms with Crippen LogP contribution in [-0.4, -0.2) is 14.7 Å². The largest absolute Gasteiger partial charge is 0.370 e. The molecular formula is C25H31NOSi. The van der Waals surface area contributed by atoms with Gasteiger partial charge in [-0.15, -0.1) is 0 Å². The van der Waals surface area contributed by atoms with Crippen molar-refractivity contribution in [3.63, 3.8) is 0 Å². The summed E-state index contributed by atoms with van der Waals surface area (Å²) >= 11 is 0. The molecule has 3 rings (SSSR count). The Kier molecular flexibility index (Phi) is 5.76. The van der Waals surface area contributed by atoms with E-state index in [0.717, 1.165) is 0 Å². The quantitative estimate of drug-likeness (QED) is 0.747. The predicted molar refractivity (Wildman–Crippen MR) is 122 cm³/mol. The molecule has 2 aromatic carbocycles. The van der Waals surface area contributed by atoms with Crippen molar-refractivity contribution in [2.24, 2.45) is 11.7 Å². The molecule has 1 aliphatic rings. The van der Waals surface area contributed by atoms with Gasteiger partial charge in [0.1, 0.15) is 8.80 Å². The van der Waals surface area contributed by atoms with Crippen molar-refractivity contribution in [3.05, 3.63) is 83.0 Å². The van der Waals surface area contributed by atoms with Gasteiger partial charge < -0.3 is 5.73 Å². The number of rotatable bonds is 6. The van der Waals surface area contributed by atoms with Gasteiger partial charge in [-0.25, -0.2) is 0 Å². The van der Waals surface area contributed by atoms with E-state index >= 15 is 0 Å². The van der Waals surface area contributed by atoms with Crippen LogP contribution in [0.4, 0.5) is 0 Å². The third-order valence-electron chi connectivity index (χ3n) is 6.70. The first-order valence-corrected chi connectivity index (χ1v) is 11.8. The van der Waals surface area contributed by atoms with Gasteiger partial charge in [0.2, 0.25) is 5.91 Å². The van der Waals surface area contributed by atoms with Crippen LogP contribution in [0, 0.1) is 5.92 Å². The molecule has 1 aliphatic carbocycles. The van der Waals surface area contributed by atoms with E-state index in [-0.39, 0.29) is 10.9 Å². The lowest BCUT2D eigenvalue weighted by atomic mass is 9.85. The zero-order valence-electron chi connectivity index (χ0n) is 17.6. The summed E-state index contributed by atoms with van der Waals surface area (Å²) in [5.74, 6) is 0.119. The minimum atomic E-state index is -1.81. The lowest BCUT2D eigenvalue weighted by Gasteiger charge is -2.41. The Bertz CT molecular complexity index is 890. The summed E-state index contributed by atoms with van der Waals surface area (Å²) in [7, 11) is -1.81. The van der Waals surface area contributed by atoms with Gasteiger partial charge in [-0.1, -0.05) is 96.0 Å². The maximum absolute atomic E-state index is 12.3. The summed E-state index contributed by atoms with van der Waals surface area (Å²) < 4.78 is 0. The molecule has 2 N–H and O–H groups in total. The first-order chi connectivity index (χ1) is 13.3. The Morgan fingerprint density at radius 3 is 1.75 bits per heavy atom. The van der Waals surface area contributed by atoms with Crippen molar-refractivity contribution in [2.45, 2.75) is 46.1 Å². The van der Waals surface area contributed by atoms with Crippen LogP contribution in [0.15, 0.2) is 83.0 Å². The molecule has 2 atom stereocenters. The maximum Gasteiger partial charge on any atom is 0.218 e. The molecular weight excluding hydrogens is 358 g/mol. The average molecular weight is 390 g/mol. The number of carbonyl (C=O) groups is 1. The van der Waals surface area contributed by atoms with E-state index in [1.54, 1.807) is 0 Å². The van der Waals surface area contributed by atoms with E-state index < -0.39 is 8.80 Å². The van der Waals surface area contributed by atoms with Gasteiger partial charge in [0.15, 0.2) is 0 Å². The van der Waals surface area contributed by atoms with Gasteiger partial charge in [0, 0.05) is 6.42 Å². The Labute approximate surface area is 170 Å². The summed E-state index contributed by atoms with van der Waals surface area (Å²) in [5.41, 5.74) is 11.4. The summed E-state index contributed by atoms with van der Waals surface area (Å²) in [6.45, 7) is 11.2. The van der Waals surface area contributed by atoms with Crippen LogP contribution in [-0.2, 0) is 4.79 Å². The molecule has 0 aliphatic heterocycles. The molecule has 0 saturated heterocycles. The highest BCUT2D eigenvalue weighted by Crippen LogP contribution is 2.53. The van der Waals surface area contributed by atoms with Gasteiger partial charge in [-0.2, -0.15) is 0 Å². The molecule has 28 heavy (non-hydrogen) atoms. The molecule has 0 fully saturated rings. The van der Waals surface area contributed by atoms with Crippen LogP contribution in [0.3, 0.4) is 0 Å². The van der Waals surface area contributed by atoms with Gasteiger partial charge >= 0.3 is 0 Å². The number of nitrogens with two attached hydrogens (primary N) is 1. The molecule has 0 aromatic heterocycles. The fourth-order valence-electron chi connectivity index (χ4n) is 5.22. The monoisotopic (exact) mass is 389 g/mol. The maximum atomic E-state index is 12.3. The average Bonchev–Trinajstić information content (AvgIpc) is 2.86. The van der Waals surface area contributed by atoms with Crippen LogP contribution in [0.5, 0.6) is 0 Å². The number of amides is 1. The lowest BCUT2D eigenvalue weighted by molar-refractivity contribution is -0.118. The van der Waals surface area contributed by atoms with E-state index in [0.29, 0.717) is 12.3 Å². The lowest BCUT2D eigenvalue weighted by Crippen LogP contribution is -2.53. The summed E-state index contributed by atoms with van der Waals surface area (Å²) in [4.78, 5) is 12.3. The van der Waals surface area contributed by atoms with Crippen LogP contribution in [0.2, 0.25) is 5.04 Å². The zero-order valence-corrected chi connectivity index (χ0v) is 18.8. The van der Waals surface area contributed by atoms with Crippen molar-refractivity contribution in [1.82, 2.24) is 0 Å². The van der Waals surface area contributed by atoms with Gasteiger partial charge in [0.25, 0.3) is 0 Å². The number of primary amides is 1. The normalized spacial score (nSPS) is 19.3. The molecule has 2 nitrogen and oxygen atoms in total. The Morgan fingerprint density at radius 1 is 0.929 bits per heavy atom. The third kappa shape index (κ3) is 3.51. The highest BCUT2D eigenvalue weighted by molar-refractivity contribution is 6.88. The van der Waals surface area contributed by atoms with Gasteiger partial charge in [0.05, 0.1) is 0 Å². The third-order valence-corrected chi connectivity index (χ3v) is 10.6. The highest BCUT2D eigenvalue weighted by Gasteiger charge is 2.46. The molecule has 0 heterocycles. The number of carbonyl (C=O) groups excluding carboxylic acids is 1. The van der Waals surface area contributed by atoms with E-state index in [1.165, 1.54) is 32.7 Å². The van der Waals surface area contributed by atoms with Crippen LogP contribution >= 0.6 is 0 Å². The zero-order chi connectivity index (χ0) is 20.5. The second-order valence-electron chi connectivity index (χ2n) is 8.38. The van der Waals surface area contributed by atoms with E-state index in [4.69, 9.17) is 5.73 Å². The SMILES string of the molecule is CC1=C(C)C(C)C(C(C)(CC(N)=O)[SiH](c2ccccc2)c2ccccc2)=C1C. The summed E-state index contributed by atoms with van der Waals surface area (Å²) in [6.07, 6.45) is 0.380. The van der Waals surface area contributed by atoms with Gasteiger partial charge in [-0.3, -0.25) is 4.79 Å². The van der Waals surface area contributed by atoms with Crippen molar-refractivity contribution in [3.8, 4) is 0 Å². The van der Waals surface area contributed by atoms with Crippen LogP contribution in [0.1, 0.15) is 41.0 Å². The molecule has 1 amide bonds. The minimum Gasteiger partial charge on any atom is -0.370 e. The topological polar surface area (TPSA) is 43.1 Å². The number of allylic oxidation sites excluding steroid dienone is 4. The van der Waals surface area contributed by atoms with Crippen LogP contribution < -0.4 is 16.1 Å². The standard InChI is InChI=1S/C25H31NOSi/c1-17-18(2)20(4)24(19(17)3)25(5,16-23(26)27)28(21-12-8-6-9-13-21)22-14-10-7-11-15-22/h6-15,19,28H,16H2,1-5H3,(H2,26,27). The predicted octanol–water partition coefficient (Wildman–Crippen LogP) is 3.97. The Hall–Kier alpha value is -2.39. The van der Waals surface area contributed by atoms with E-state index in [2.05, 4.69) is 95.3 Å². The molecule has 0 saturated carbocycles. The Balaban J connectivity index is 2.28. The second-order valence-corrected chi connectivity index (χ2v) is 11.9. The molecule has 3 heteroatoms. The fourth-order valence-corrected chi connectivity index (χ4v) is 9.47. The molecule has 2 unspecified atom stereocenters. The molecule has 0 spiro atoms. The molecule has 0 bridgehead atoms. The van der Waals surface area contributed by atoms with E-state index in [1.807, 2.05) is 0 Å². The fraction of sp³-hybridized carbons (Fsp3) is 0.320. The molecule has 0 radical (unpaired) electrons. The number of hydrogen-bond acceptors (Lipinski definition) is 1.